The lowest BCUT2D eigenvalue weighted by molar-refractivity contribution is 0.0604. The minimum Gasteiger partial charge on any atom is -0.491 e. The summed E-state index contributed by atoms with van der Waals surface area (Å²) in [7, 11) is 0. The Morgan fingerprint density at radius 3 is 2.37 bits per heavy atom. The largest absolute Gasteiger partial charge is 0.491 e. The molecule has 1 unspecified atom stereocenters. The molecule has 1 heterocycles. The van der Waals surface area contributed by atoms with Crippen LogP contribution in [0.4, 0.5) is 0 Å². The van der Waals surface area contributed by atoms with Gasteiger partial charge in [0.2, 0.25) is 0 Å². The van der Waals surface area contributed by atoms with E-state index in [1.165, 1.54) is 22.3 Å². The van der Waals surface area contributed by atoms with Gasteiger partial charge in [-0.3, -0.25) is 4.90 Å². The molecule has 0 aliphatic carbocycles. The van der Waals surface area contributed by atoms with Gasteiger partial charge in [-0.1, -0.05) is 44.2 Å². The normalized spacial score (nSPS) is 12.5. The van der Waals surface area contributed by atoms with Crippen molar-refractivity contribution in [2.45, 2.75) is 52.8 Å². The van der Waals surface area contributed by atoms with E-state index in [2.05, 4.69) is 56.9 Å². The van der Waals surface area contributed by atoms with Crippen molar-refractivity contribution < 1.29 is 14.3 Å². The van der Waals surface area contributed by atoms with Gasteiger partial charge in [-0.25, -0.2) is 0 Å². The molecule has 0 aliphatic rings. The van der Waals surface area contributed by atoms with Crippen LogP contribution in [0, 0.1) is 13.8 Å². The van der Waals surface area contributed by atoms with Crippen molar-refractivity contribution in [3.05, 3.63) is 88.9 Å². The standard InChI is InChI=1S/C26H33NO3/c1-19(2)23-10-8-22(9-11-23)15-27(17-26-6-5-13-29-26)16-24(28)18-30-25-12-7-20(3)21(4)14-25/h5-14,19,24,28H,15-18H2,1-4H3. The van der Waals surface area contributed by atoms with Crippen molar-refractivity contribution >= 4 is 0 Å². The second-order valence-electron chi connectivity index (χ2n) is 8.36. The smallest absolute Gasteiger partial charge is 0.119 e. The molecule has 4 heteroatoms. The quantitative estimate of drug-likeness (QED) is 0.485. The van der Waals surface area contributed by atoms with E-state index < -0.39 is 6.10 Å². The van der Waals surface area contributed by atoms with Crippen molar-refractivity contribution in [1.29, 1.82) is 0 Å². The number of ether oxygens (including phenoxy) is 1. The molecule has 0 fully saturated rings. The van der Waals surface area contributed by atoms with Crippen molar-refractivity contribution in [2.24, 2.45) is 0 Å². The molecular weight excluding hydrogens is 374 g/mol. The molecule has 3 rings (SSSR count). The van der Waals surface area contributed by atoms with E-state index >= 15 is 0 Å². The Morgan fingerprint density at radius 2 is 1.73 bits per heavy atom. The monoisotopic (exact) mass is 407 g/mol. The highest BCUT2D eigenvalue weighted by atomic mass is 16.5. The van der Waals surface area contributed by atoms with Crippen molar-refractivity contribution in [3.8, 4) is 5.75 Å². The van der Waals surface area contributed by atoms with E-state index in [9.17, 15) is 5.11 Å². The van der Waals surface area contributed by atoms with Gasteiger partial charge in [0.1, 0.15) is 24.2 Å². The maximum absolute atomic E-state index is 10.6. The summed E-state index contributed by atoms with van der Waals surface area (Å²) in [5.41, 5.74) is 4.97. The van der Waals surface area contributed by atoms with E-state index in [4.69, 9.17) is 9.15 Å². The average molecular weight is 408 g/mol. The summed E-state index contributed by atoms with van der Waals surface area (Å²) < 4.78 is 11.4. The van der Waals surface area contributed by atoms with E-state index in [1.54, 1.807) is 6.26 Å². The Balaban J connectivity index is 1.61. The summed E-state index contributed by atoms with van der Waals surface area (Å²) in [5, 5.41) is 10.6. The number of benzene rings is 2. The number of hydrogen-bond acceptors (Lipinski definition) is 4. The van der Waals surface area contributed by atoms with Gasteiger partial charge in [-0.15, -0.1) is 0 Å². The molecule has 0 aliphatic heterocycles. The van der Waals surface area contributed by atoms with Crippen molar-refractivity contribution in [1.82, 2.24) is 4.90 Å². The summed E-state index contributed by atoms with van der Waals surface area (Å²) in [4.78, 5) is 2.19. The number of aliphatic hydroxyl groups excluding tert-OH is 1. The van der Waals surface area contributed by atoms with Crippen LogP contribution in [0.3, 0.4) is 0 Å². The van der Waals surface area contributed by atoms with Gasteiger partial charge in [0.15, 0.2) is 0 Å². The maximum Gasteiger partial charge on any atom is 0.119 e. The van der Waals surface area contributed by atoms with Gasteiger partial charge in [0, 0.05) is 13.1 Å². The number of aryl methyl sites for hydroxylation is 2. The second kappa shape index (κ2) is 10.5. The van der Waals surface area contributed by atoms with E-state index in [-0.39, 0.29) is 6.61 Å². The Labute approximate surface area is 180 Å². The lowest BCUT2D eigenvalue weighted by atomic mass is 10.0. The van der Waals surface area contributed by atoms with Gasteiger partial charge in [0.25, 0.3) is 0 Å². The first-order chi connectivity index (χ1) is 14.4. The molecule has 0 saturated heterocycles. The van der Waals surface area contributed by atoms with Gasteiger partial charge < -0.3 is 14.3 Å². The van der Waals surface area contributed by atoms with Gasteiger partial charge in [0.05, 0.1) is 12.8 Å². The van der Waals surface area contributed by atoms with E-state index in [0.717, 1.165) is 18.1 Å². The molecule has 4 nitrogen and oxygen atoms in total. The zero-order chi connectivity index (χ0) is 21.5. The van der Waals surface area contributed by atoms with Crippen LogP contribution in [0.1, 0.15) is 47.8 Å². The molecule has 3 aromatic rings. The molecule has 0 amide bonds. The first-order valence-corrected chi connectivity index (χ1v) is 10.6. The van der Waals surface area contributed by atoms with Crippen LogP contribution < -0.4 is 4.74 Å². The summed E-state index contributed by atoms with van der Waals surface area (Å²) >= 11 is 0. The third-order valence-corrected chi connectivity index (χ3v) is 5.40. The second-order valence-corrected chi connectivity index (χ2v) is 8.36. The molecule has 0 bridgehead atoms. The molecule has 0 radical (unpaired) electrons. The average Bonchev–Trinajstić information content (AvgIpc) is 3.22. The molecule has 1 atom stereocenters. The van der Waals surface area contributed by atoms with Crippen molar-refractivity contribution in [3.63, 3.8) is 0 Å². The van der Waals surface area contributed by atoms with Crippen LogP contribution in [0.2, 0.25) is 0 Å². The number of aliphatic hydroxyl groups is 1. The fourth-order valence-electron chi connectivity index (χ4n) is 3.42. The SMILES string of the molecule is Cc1ccc(OCC(O)CN(Cc2ccc(C(C)C)cc2)Cc2ccco2)cc1C. The van der Waals surface area contributed by atoms with Crippen molar-refractivity contribution in [2.75, 3.05) is 13.2 Å². The Bertz CT molecular complexity index is 901. The zero-order valence-electron chi connectivity index (χ0n) is 18.5. The topological polar surface area (TPSA) is 45.8 Å². The van der Waals surface area contributed by atoms with Crippen LogP contribution in [0.25, 0.3) is 0 Å². The van der Waals surface area contributed by atoms with Crippen LogP contribution >= 0.6 is 0 Å². The van der Waals surface area contributed by atoms with Gasteiger partial charge in [-0.2, -0.15) is 0 Å². The minimum atomic E-state index is -0.600. The lowest BCUT2D eigenvalue weighted by Crippen LogP contribution is -2.35. The fraction of sp³-hybridized carbons (Fsp3) is 0.385. The molecule has 1 aromatic heterocycles. The number of rotatable bonds is 10. The molecule has 0 saturated carbocycles. The van der Waals surface area contributed by atoms with Crippen LogP contribution in [0.15, 0.2) is 65.3 Å². The van der Waals surface area contributed by atoms with Crippen LogP contribution in [0.5, 0.6) is 5.75 Å². The van der Waals surface area contributed by atoms with E-state index in [1.807, 2.05) is 30.3 Å². The summed E-state index contributed by atoms with van der Waals surface area (Å²) in [6.07, 6.45) is 1.08. The lowest BCUT2D eigenvalue weighted by Gasteiger charge is -2.24. The molecule has 1 N–H and O–H groups in total. The summed E-state index contributed by atoms with van der Waals surface area (Å²) in [6.45, 7) is 10.7. The zero-order valence-corrected chi connectivity index (χ0v) is 18.5. The summed E-state index contributed by atoms with van der Waals surface area (Å²) in [6, 6.07) is 18.6. The highest BCUT2D eigenvalue weighted by molar-refractivity contribution is 5.33. The van der Waals surface area contributed by atoms with Crippen LogP contribution in [-0.4, -0.2) is 29.3 Å². The third kappa shape index (κ3) is 6.48. The third-order valence-electron chi connectivity index (χ3n) is 5.40. The van der Waals surface area contributed by atoms with E-state index in [0.29, 0.717) is 19.0 Å². The maximum atomic E-state index is 10.6. The molecule has 2 aromatic carbocycles. The van der Waals surface area contributed by atoms with Gasteiger partial charge >= 0.3 is 0 Å². The fourth-order valence-corrected chi connectivity index (χ4v) is 3.42. The number of nitrogens with zero attached hydrogens (tertiary/aromatic N) is 1. The highest BCUT2D eigenvalue weighted by Crippen LogP contribution is 2.18. The Kier molecular flexibility index (Phi) is 7.72. The highest BCUT2D eigenvalue weighted by Gasteiger charge is 2.15. The molecular formula is C26H33NO3. The molecule has 160 valence electrons. The summed E-state index contributed by atoms with van der Waals surface area (Å²) in [5.74, 6) is 2.19. The molecule has 0 spiro atoms. The van der Waals surface area contributed by atoms with Crippen LogP contribution in [-0.2, 0) is 13.1 Å². The minimum absolute atomic E-state index is 0.253. The first kappa shape index (κ1) is 22.1. The Hall–Kier alpha value is -2.56. The van der Waals surface area contributed by atoms with Gasteiger partial charge in [-0.05, 0) is 66.3 Å². The predicted octanol–water partition coefficient (Wildman–Crippen LogP) is 5.46. The predicted molar refractivity (Wildman–Crippen MR) is 121 cm³/mol. The first-order valence-electron chi connectivity index (χ1n) is 10.6. The molecule has 30 heavy (non-hydrogen) atoms. The Morgan fingerprint density at radius 1 is 0.967 bits per heavy atom. The number of furan rings is 1. The number of hydrogen-bond donors (Lipinski definition) is 1.